The molecular formula is C26H23NO3. The van der Waals surface area contributed by atoms with Crippen LogP contribution >= 0.6 is 0 Å². The molecule has 0 fully saturated rings. The first kappa shape index (κ1) is 19.7. The van der Waals surface area contributed by atoms with Gasteiger partial charge in [-0.1, -0.05) is 35.4 Å². The molecule has 0 saturated heterocycles. The molecule has 0 aliphatic heterocycles. The molecule has 150 valence electrons. The smallest absolute Gasteiger partial charge is 0.136 e. The van der Waals surface area contributed by atoms with Crippen LogP contribution in [0, 0.1) is 19.1 Å². The van der Waals surface area contributed by atoms with Gasteiger partial charge < -0.3 is 19.7 Å². The number of quaternary nitrogens is 1. The van der Waals surface area contributed by atoms with Crippen LogP contribution < -0.4 is 14.5 Å². The molecule has 4 aromatic rings. The maximum Gasteiger partial charge on any atom is 0.136 e. The Labute approximate surface area is 176 Å². The minimum Gasteiger partial charge on any atom is -0.623 e. The van der Waals surface area contributed by atoms with E-state index in [0.717, 1.165) is 11.5 Å². The Morgan fingerprint density at radius 3 is 1.03 bits per heavy atom. The predicted molar refractivity (Wildman–Crippen MR) is 119 cm³/mol. The number of hydrogen-bond acceptors (Lipinski definition) is 3. The maximum atomic E-state index is 12.8. The quantitative estimate of drug-likeness (QED) is 0.392. The van der Waals surface area contributed by atoms with Crippen molar-refractivity contribution >= 4 is 11.4 Å². The van der Waals surface area contributed by atoms with Crippen molar-refractivity contribution in [3.05, 3.63) is 113 Å². The lowest BCUT2D eigenvalue weighted by atomic mass is 10.2. The highest BCUT2D eigenvalue weighted by Crippen LogP contribution is 2.24. The van der Waals surface area contributed by atoms with Gasteiger partial charge in [0.15, 0.2) is 0 Å². The summed E-state index contributed by atoms with van der Waals surface area (Å²) in [6.45, 7) is 4.07. The van der Waals surface area contributed by atoms with Crippen molar-refractivity contribution in [1.82, 2.24) is 0 Å². The summed E-state index contributed by atoms with van der Waals surface area (Å²) < 4.78 is 11.7. The first-order chi connectivity index (χ1) is 14.6. The summed E-state index contributed by atoms with van der Waals surface area (Å²) in [4.78, 5) is 0. The molecule has 0 spiro atoms. The molecule has 0 bridgehead atoms. The average molecular weight is 397 g/mol. The maximum absolute atomic E-state index is 12.8. The van der Waals surface area contributed by atoms with Crippen molar-refractivity contribution < 1.29 is 14.5 Å². The van der Waals surface area contributed by atoms with Gasteiger partial charge in [-0.2, -0.15) is 0 Å². The van der Waals surface area contributed by atoms with Crippen molar-refractivity contribution in [1.29, 1.82) is 0 Å². The molecule has 4 rings (SSSR count). The summed E-state index contributed by atoms with van der Waals surface area (Å²) in [6.07, 6.45) is 0. The van der Waals surface area contributed by atoms with Gasteiger partial charge in [-0.05, 0) is 62.4 Å². The fourth-order valence-electron chi connectivity index (χ4n) is 3.00. The monoisotopic (exact) mass is 397 g/mol. The van der Waals surface area contributed by atoms with Gasteiger partial charge in [-0.15, -0.1) is 0 Å². The van der Waals surface area contributed by atoms with Crippen LogP contribution in [-0.4, -0.2) is 0 Å². The van der Waals surface area contributed by atoms with E-state index in [1.54, 1.807) is 24.3 Å². The number of benzene rings is 4. The standard InChI is InChI=1S/C26H23NO3/c1-19-3-11-23(12-4-19)29-25-15-7-21(8-16-25)27(28)22-9-17-26(18-10-22)30-24-13-5-20(2)6-14-24/h3-18,27H,1-2H3. The zero-order valence-electron chi connectivity index (χ0n) is 17.0. The molecule has 0 aliphatic rings. The van der Waals surface area contributed by atoms with Crippen LogP contribution in [0.4, 0.5) is 11.4 Å². The lowest BCUT2D eigenvalue weighted by Crippen LogP contribution is -2.96. The zero-order valence-corrected chi connectivity index (χ0v) is 17.0. The van der Waals surface area contributed by atoms with Crippen LogP contribution in [0.5, 0.6) is 23.0 Å². The fourth-order valence-corrected chi connectivity index (χ4v) is 3.00. The van der Waals surface area contributed by atoms with E-state index in [4.69, 9.17) is 9.47 Å². The summed E-state index contributed by atoms with van der Waals surface area (Å²) in [5.41, 5.74) is 3.58. The molecule has 4 heteroatoms. The van der Waals surface area contributed by atoms with Crippen molar-refractivity contribution in [2.45, 2.75) is 13.8 Å². The van der Waals surface area contributed by atoms with Gasteiger partial charge >= 0.3 is 0 Å². The Morgan fingerprint density at radius 2 is 0.733 bits per heavy atom. The van der Waals surface area contributed by atoms with Gasteiger partial charge in [0.2, 0.25) is 0 Å². The number of ether oxygens (including phenoxy) is 2. The highest BCUT2D eigenvalue weighted by Gasteiger charge is 2.08. The molecular weight excluding hydrogens is 374 g/mol. The average Bonchev–Trinajstić information content (AvgIpc) is 2.77. The van der Waals surface area contributed by atoms with Crippen LogP contribution in [0.15, 0.2) is 97.1 Å². The van der Waals surface area contributed by atoms with E-state index >= 15 is 0 Å². The van der Waals surface area contributed by atoms with E-state index in [1.165, 1.54) is 11.1 Å². The highest BCUT2D eigenvalue weighted by molar-refractivity contribution is 5.44. The third kappa shape index (κ3) is 4.87. The van der Waals surface area contributed by atoms with E-state index in [2.05, 4.69) is 0 Å². The molecule has 0 aromatic heterocycles. The first-order valence-electron chi connectivity index (χ1n) is 9.81. The molecule has 0 unspecified atom stereocenters. The van der Waals surface area contributed by atoms with E-state index in [-0.39, 0.29) is 5.06 Å². The third-order valence-corrected chi connectivity index (χ3v) is 4.75. The van der Waals surface area contributed by atoms with Gasteiger partial charge in [0, 0.05) is 24.3 Å². The normalized spacial score (nSPS) is 10.8. The van der Waals surface area contributed by atoms with Gasteiger partial charge in [0.05, 0.1) is 0 Å². The minimum atomic E-state index is -0.0428. The SMILES string of the molecule is Cc1ccc(Oc2ccc([NH+]([O-])c3ccc(Oc4ccc(C)cc4)cc3)cc2)cc1. The summed E-state index contributed by atoms with van der Waals surface area (Å²) >= 11 is 0. The van der Waals surface area contributed by atoms with Gasteiger partial charge in [0.1, 0.15) is 34.4 Å². The Bertz CT molecular complexity index is 996. The molecule has 0 heterocycles. The number of nitrogens with one attached hydrogen (secondary N) is 1. The second-order valence-electron chi connectivity index (χ2n) is 7.21. The molecule has 4 aromatic carbocycles. The molecule has 0 atom stereocenters. The molecule has 1 N–H and O–H groups in total. The van der Waals surface area contributed by atoms with Crippen LogP contribution in [0.3, 0.4) is 0 Å². The molecule has 0 saturated carbocycles. The first-order valence-corrected chi connectivity index (χ1v) is 9.81. The Morgan fingerprint density at radius 1 is 0.467 bits per heavy atom. The lowest BCUT2D eigenvalue weighted by Gasteiger charge is -2.21. The fraction of sp³-hybridized carbons (Fsp3) is 0.0769. The van der Waals surface area contributed by atoms with E-state index < -0.39 is 0 Å². The Kier molecular flexibility index (Phi) is 5.80. The van der Waals surface area contributed by atoms with Gasteiger partial charge in [-0.25, -0.2) is 0 Å². The Balaban J connectivity index is 1.41. The second kappa shape index (κ2) is 8.82. The topological polar surface area (TPSA) is 46.0 Å². The molecule has 0 radical (unpaired) electrons. The molecule has 0 aliphatic carbocycles. The molecule has 0 amide bonds. The van der Waals surface area contributed by atoms with E-state index in [1.807, 2.05) is 86.6 Å². The van der Waals surface area contributed by atoms with Gasteiger partial charge in [0.25, 0.3) is 0 Å². The minimum absolute atomic E-state index is 0.0428. The molecule has 4 nitrogen and oxygen atoms in total. The van der Waals surface area contributed by atoms with Crippen LogP contribution in [0.25, 0.3) is 0 Å². The van der Waals surface area contributed by atoms with E-state index in [0.29, 0.717) is 22.9 Å². The third-order valence-electron chi connectivity index (χ3n) is 4.75. The van der Waals surface area contributed by atoms with Crippen LogP contribution in [0.1, 0.15) is 11.1 Å². The summed E-state index contributed by atoms with van der Waals surface area (Å²) in [6, 6.07) is 30.0. The summed E-state index contributed by atoms with van der Waals surface area (Å²) in [7, 11) is 0. The van der Waals surface area contributed by atoms with E-state index in [9.17, 15) is 5.21 Å². The van der Waals surface area contributed by atoms with Crippen LogP contribution in [-0.2, 0) is 0 Å². The second-order valence-corrected chi connectivity index (χ2v) is 7.21. The zero-order chi connectivity index (χ0) is 20.9. The van der Waals surface area contributed by atoms with Crippen molar-refractivity contribution in [2.75, 3.05) is 0 Å². The predicted octanol–water partition coefficient (Wildman–Crippen LogP) is 6.23. The van der Waals surface area contributed by atoms with Crippen molar-refractivity contribution in [3.8, 4) is 23.0 Å². The summed E-state index contributed by atoms with van der Waals surface area (Å²) in [5.74, 6) is 2.92. The number of aryl methyl sites for hydroxylation is 2. The highest BCUT2D eigenvalue weighted by atomic mass is 16.5. The largest absolute Gasteiger partial charge is 0.623 e. The van der Waals surface area contributed by atoms with Crippen LogP contribution in [0.2, 0.25) is 0 Å². The van der Waals surface area contributed by atoms with Crippen molar-refractivity contribution in [2.24, 2.45) is 0 Å². The number of rotatable bonds is 6. The molecule has 30 heavy (non-hydrogen) atoms. The lowest BCUT2D eigenvalue weighted by molar-refractivity contribution is -0.698. The number of hydrogen-bond donors (Lipinski definition) is 1. The van der Waals surface area contributed by atoms with Crippen molar-refractivity contribution in [3.63, 3.8) is 0 Å². The van der Waals surface area contributed by atoms with Gasteiger partial charge in [-0.3, -0.25) is 0 Å². The Hall–Kier alpha value is -3.60. The summed E-state index contributed by atoms with van der Waals surface area (Å²) in [5, 5.41) is 12.7.